The van der Waals surface area contributed by atoms with Crippen molar-refractivity contribution in [3.05, 3.63) is 107 Å². The van der Waals surface area contributed by atoms with Crippen LogP contribution < -0.4 is 0 Å². The highest BCUT2D eigenvalue weighted by Crippen LogP contribution is 2.47. The third-order valence-electron chi connectivity index (χ3n) is 13.7. The first-order valence-electron chi connectivity index (χ1n) is 23.8. The normalized spacial score (nSPS) is 21.0. The number of ether oxygens (including phenoxy) is 1. The van der Waals surface area contributed by atoms with Gasteiger partial charge in [-0.25, -0.2) is 0 Å². The third kappa shape index (κ3) is 12.8. The molecule has 6 rings (SSSR count). The van der Waals surface area contributed by atoms with Gasteiger partial charge in [0, 0.05) is 23.5 Å². The zero-order chi connectivity index (χ0) is 39.7. The van der Waals surface area contributed by atoms with Crippen LogP contribution >= 0.6 is 0 Å². The van der Waals surface area contributed by atoms with Crippen molar-refractivity contribution in [2.75, 3.05) is 0 Å². The highest BCUT2D eigenvalue weighted by Gasteiger charge is 2.36. The Morgan fingerprint density at radius 2 is 0.842 bits per heavy atom. The first kappa shape index (κ1) is 43.3. The minimum absolute atomic E-state index is 0.0875. The Hall–Kier alpha value is -3.30. The van der Waals surface area contributed by atoms with Crippen LogP contribution in [0.3, 0.4) is 0 Å². The molecule has 2 aliphatic carbocycles. The summed E-state index contributed by atoms with van der Waals surface area (Å²) in [4.78, 5) is 9.82. The largest absolute Gasteiger partial charge is 0.365 e. The minimum atomic E-state index is 0.0875. The molecule has 308 valence electrons. The van der Waals surface area contributed by atoms with Gasteiger partial charge in [0.05, 0.1) is 23.6 Å². The molecule has 4 aromatic rings. The van der Waals surface area contributed by atoms with Gasteiger partial charge in [-0.2, -0.15) is 0 Å². The van der Waals surface area contributed by atoms with Crippen LogP contribution in [-0.2, 0) is 17.6 Å². The first-order chi connectivity index (χ1) is 28.1. The first-order valence-corrected chi connectivity index (χ1v) is 23.8. The van der Waals surface area contributed by atoms with Crippen molar-refractivity contribution in [3.63, 3.8) is 0 Å². The smallest absolute Gasteiger partial charge is 0.0861 e. The molecule has 2 unspecified atom stereocenters. The fourth-order valence-corrected chi connectivity index (χ4v) is 9.96. The van der Waals surface area contributed by atoms with E-state index in [0.29, 0.717) is 11.8 Å². The van der Waals surface area contributed by atoms with Crippen molar-refractivity contribution in [2.24, 2.45) is 23.7 Å². The van der Waals surface area contributed by atoms with Crippen molar-refractivity contribution in [2.45, 2.75) is 181 Å². The molecule has 2 aromatic carbocycles. The molecule has 0 aliphatic heterocycles. The molecule has 2 atom stereocenters. The number of nitrogens with zero attached hydrogens (tertiary/aromatic N) is 2. The van der Waals surface area contributed by atoms with Crippen LogP contribution in [0.25, 0.3) is 22.5 Å². The quantitative estimate of drug-likeness (QED) is 0.0747. The van der Waals surface area contributed by atoms with Crippen LogP contribution in [0, 0.1) is 23.7 Å². The number of pyridine rings is 2. The van der Waals surface area contributed by atoms with Crippen LogP contribution in [0.15, 0.2) is 85.2 Å². The van der Waals surface area contributed by atoms with Gasteiger partial charge in [-0.15, -0.1) is 0 Å². The fraction of sp³-hybridized carbons (Fsp3) is 0.593. The lowest BCUT2D eigenvalue weighted by Gasteiger charge is -2.40. The average Bonchev–Trinajstić information content (AvgIpc) is 3.27. The summed E-state index contributed by atoms with van der Waals surface area (Å²) in [6, 6.07) is 27.7. The lowest BCUT2D eigenvalue weighted by atomic mass is 9.74. The number of aromatic nitrogens is 2. The molecule has 0 spiro atoms. The van der Waals surface area contributed by atoms with Crippen LogP contribution in [0.5, 0.6) is 0 Å². The second-order valence-electron chi connectivity index (χ2n) is 18.1. The molecule has 0 amide bonds. The molecule has 0 saturated heterocycles. The number of hydrogen-bond acceptors (Lipinski definition) is 3. The summed E-state index contributed by atoms with van der Waals surface area (Å²) >= 11 is 0. The summed E-state index contributed by atoms with van der Waals surface area (Å²) in [5.74, 6) is 2.83. The molecular weight excluding hydrogens is 693 g/mol. The van der Waals surface area contributed by atoms with E-state index in [9.17, 15) is 0 Å². The van der Waals surface area contributed by atoms with Gasteiger partial charge in [-0.1, -0.05) is 178 Å². The van der Waals surface area contributed by atoms with E-state index in [4.69, 9.17) is 14.7 Å². The van der Waals surface area contributed by atoms with Crippen molar-refractivity contribution >= 4 is 0 Å². The van der Waals surface area contributed by atoms with Crippen LogP contribution in [0.2, 0.25) is 0 Å². The summed E-state index contributed by atoms with van der Waals surface area (Å²) in [6.07, 6.45) is 32.6. The van der Waals surface area contributed by atoms with E-state index in [1.165, 1.54) is 162 Å². The van der Waals surface area contributed by atoms with Crippen molar-refractivity contribution in [3.8, 4) is 22.5 Å². The van der Waals surface area contributed by atoms with Crippen molar-refractivity contribution in [1.82, 2.24) is 9.97 Å². The summed E-state index contributed by atoms with van der Waals surface area (Å²) < 4.78 is 7.72. The predicted molar refractivity (Wildman–Crippen MR) is 242 cm³/mol. The molecule has 2 aliphatic rings. The number of aryl methyl sites for hydroxylation is 2. The standard InChI is InChI=1S/C54H76N2O/c1-5-9-13-17-43-23-37-51(55-39-43)45-29-33-49(34-30-45)53(47-25-19-41(20-26-47)15-11-7-3)57-54(48-27-21-42(22-28-48)16-12-8-4)50-35-31-46(32-36-50)52-38-24-44(40-56-52)18-14-10-6-2/h23-24,29-42,47-48,53-54H,5-22,25-28H2,1-4H3. The zero-order valence-corrected chi connectivity index (χ0v) is 36.4. The maximum Gasteiger partial charge on any atom is 0.0861 e. The predicted octanol–water partition coefficient (Wildman–Crippen LogP) is 16.1. The number of unbranched alkanes of at least 4 members (excludes halogenated alkanes) is 6. The number of benzene rings is 2. The summed E-state index contributed by atoms with van der Waals surface area (Å²) in [6.45, 7) is 9.21. The van der Waals surface area contributed by atoms with E-state index in [-0.39, 0.29) is 12.2 Å². The van der Waals surface area contributed by atoms with E-state index in [0.717, 1.165) is 36.1 Å². The highest BCUT2D eigenvalue weighted by atomic mass is 16.5. The maximum absolute atomic E-state index is 7.72. The Balaban J connectivity index is 1.25. The average molecular weight is 769 g/mol. The van der Waals surface area contributed by atoms with Gasteiger partial charge < -0.3 is 4.74 Å². The van der Waals surface area contributed by atoms with E-state index in [1.54, 1.807) is 0 Å². The van der Waals surface area contributed by atoms with E-state index in [2.05, 4.69) is 113 Å². The Kier molecular flexibility index (Phi) is 17.7. The molecule has 2 aromatic heterocycles. The molecule has 0 N–H and O–H groups in total. The maximum atomic E-state index is 7.72. The van der Waals surface area contributed by atoms with Crippen molar-refractivity contribution < 1.29 is 4.74 Å². The summed E-state index contributed by atoms with van der Waals surface area (Å²) in [5, 5.41) is 0. The summed E-state index contributed by atoms with van der Waals surface area (Å²) in [5.41, 5.74) is 9.89. The molecule has 2 heterocycles. The Bertz CT molecular complexity index is 1540. The second-order valence-corrected chi connectivity index (χ2v) is 18.1. The molecular formula is C54H76N2O. The van der Waals surface area contributed by atoms with Gasteiger partial charge in [-0.05, 0) is 109 Å². The van der Waals surface area contributed by atoms with Crippen LogP contribution in [-0.4, -0.2) is 9.97 Å². The van der Waals surface area contributed by atoms with E-state index < -0.39 is 0 Å². The molecule has 2 fully saturated rings. The zero-order valence-electron chi connectivity index (χ0n) is 36.4. The second kappa shape index (κ2) is 23.3. The fourth-order valence-electron chi connectivity index (χ4n) is 9.96. The Morgan fingerprint density at radius 1 is 0.456 bits per heavy atom. The van der Waals surface area contributed by atoms with Gasteiger partial charge in [0.2, 0.25) is 0 Å². The van der Waals surface area contributed by atoms with E-state index in [1.807, 2.05) is 0 Å². The Morgan fingerprint density at radius 3 is 1.18 bits per heavy atom. The van der Waals surface area contributed by atoms with E-state index >= 15 is 0 Å². The Labute approximate surface area is 348 Å². The lowest BCUT2D eigenvalue weighted by molar-refractivity contribution is -0.0907. The molecule has 0 radical (unpaired) electrons. The highest BCUT2D eigenvalue weighted by molar-refractivity contribution is 5.60. The topological polar surface area (TPSA) is 35.0 Å². The monoisotopic (exact) mass is 769 g/mol. The minimum Gasteiger partial charge on any atom is -0.365 e. The van der Waals surface area contributed by atoms with Gasteiger partial charge in [-0.3, -0.25) is 9.97 Å². The SMILES string of the molecule is CCCCCc1ccc(-c2ccc(C(OC(c3ccc(-c4ccc(CCCCC)cn4)cc3)C3CCC(CCCC)CC3)C3CCC(CCCC)CC3)cc2)nc1. The van der Waals surface area contributed by atoms with Crippen molar-refractivity contribution in [1.29, 1.82) is 0 Å². The van der Waals surface area contributed by atoms with Gasteiger partial charge >= 0.3 is 0 Å². The number of rotatable bonds is 22. The van der Waals surface area contributed by atoms with Crippen LogP contribution in [0.1, 0.15) is 191 Å². The third-order valence-corrected chi connectivity index (χ3v) is 13.7. The lowest BCUT2D eigenvalue weighted by Crippen LogP contribution is -2.28. The molecule has 2 saturated carbocycles. The van der Waals surface area contributed by atoms with Gasteiger partial charge in [0.1, 0.15) is 0 Å². The van der Waals surface area contributed by atoms with Crippen LogP contribution in [0.4, 0.5) is 0 Å². The van der Waals surface area contributed by atoms with Gasteiger partial charge in [0.15, 0.2) is 0 Å². The summed E-state index contributed by atoms with van der Waals surface area (Å²) in [7, 11) is 0. The molecule has 3 heteroatoms. The molecule has 3 nitrogen and oxygen atoms in total. The molecule has 57 heavy (non-hydrogen) atoms. The number of hydrogen-bond donors (Lipinski definition) is 0. The van der Waals surface area contributed by atoms with Gasteiger partial charge in [0.25, 0.3) is 0 Å². The molecule has 0 bridgehead atoms.